The van der Waals surface area contributed by atoms with Crippen LogP contribution in [0.3, 0.4) is 0 Å². The standard InChI is InChI=1S/C10H20O2/c1-5-9(4)6-7-10(11)12-8(2)3/h8-9H,5-7H2,1-4H3. The summed E-state index contributed by atoms with van der Waals surface area (Å²) in [7, 11) is 0. The van der Waals surface area contributed by atoms with Gasteiger partial charge in [-0.2, -0.15) is 0 Å². The van der Waals surface area contributed by atoms with Crippen LogP contribution in [0.5, 0.6) is 0 Å². The van der Waals surface area contributed by atoms with Gasteiger partial charge in [-0.3, -0.25) is 4.79 Å². The molecule has 0 saturated heterocycles. The Bertz CT molecular complexity index is 130. The predicted molar refractivity (Wildman–Crippen MR) is 49.9 cm³/mol. The van der Waals surface area contributed by atoms with Crippen molar-refractivity contribution in [3.05, 3.63) is 0 Å². The minimum atomic E-state index is -0.0645. The maximum atomic E-state index is 11.1. The average molecular weight is 172 g/mol. The predicted octanol–water partition coefficient (Wildman–Crippen LogP) is 2.76. The summed E-state index contributed by atoms with van der Waals surface area (Å²) in [6, 6.07) is 0. The molecule has 0 fully saturated rings. The summed E-state index contributed by atoms with van der Waals surface area (Å²) in [4.78, 5) is 11.1. The Morgan fingerprint density at radius 3 is 2.33 bits per heavy atom. The fraction of sp³-hybridized carbons (Fsp3) is 0.900. The van der Waals surface area contributed by atoms with Crippen molar-refractivity contribution in [3.63, 3.8) is 0 Å². The quantitative estimate of drug-likeness (QED) is 0.596. The van der Waals surface area contributed by atoms with Crippen molar-refractivity contribution in [3.8, 4) is 0 Å². The number of carbonyl (C=O) groups excluding carboxylic acids is 1. The molecule has 1 unspecified atom stereocenters. The van der Waals surface area contributed by atoms with Crippen molar-refractivity contribution in [2.75, 3.05) is 0 Å². The maximum absolute atomic E-state index is 11.1. The molecule has 2 heteroatoms. The van der Waals surface area contributed by atoms with Crippen LogP contribution in [0.15, 0.2) is 0 Å². The number of hydrogen-bond donors (Lipinski definition) is 0. The van der Waals surface area contributed by atoms with E-state index < -0.39 is 0 Å². The fourth-order valence-electron chi connectivity index (χ4n) is 0.890. The average Bonchev–Trinajstić information content (AvgIpc) is 1.99. The Balaban J connectivity index is 3.44. The molecule has 0 rings (SSSR count). The summed E-state index contributed by atoms with van der Waals surface area (Å²) in [5, 5.41) is 0. The summed E-state index contributed by atoms with van der Waals surface area (Å²) in [5.74, 6) is 0.565. The lowest BCUT2D eigenvalue weighted by molar-refractivity contribution is -0.147. The minimum absolute atomic E-state index is 0.0226. The first-order chi connectivity index (χ1) is 5.56. The van der Waals surface area contributed by atoms with E-state index in [-0.39, 0.29) is 12.1 Å². The van der Waals surface area contributed by atoms with E-state index >= 15 is 0 Å². The molecule has 0 aromatic heterocycles. The molecule has 0 radical (unpaired) electrons. The van der Waals surface area contributed by atoms with Crippen molar-refractivity contribution >= 4 is 5.97 Å². The SMILES string of the molecule is CCC(C)CCC(=O)OC(C)C. The van der Waals surface area contributed by atoms with Gasteiger partial charge in [0.2, 0.25) is 0 Å². The molecule has 0 aliphatic carbocycles. The Labute approximate surface area is 75.3 Å². The molecule has 12 heavy (non-hydrogen) atoms. The van der Waals surface area contributed by atoms with Crippen LogP contribution in [0.4, 0.5) is 0 Å². The van der Waals surface area contributed by atoms with Crippen molar-refractivity contribution < 1.29 is 9.53 Å². The summed E-state index contributed by atoms with van der Waals surface area (Å²) < 4.78 is 5.01. The first-order valence-electron chi connectivity index (χ1n) is 4.75. The number of hydrogen-bond acceptors (Lipinski definition) is 2. The lowest BCUT2D eigenvalue weighted by atomic mass is 10.0. The van der Waals surface area contributed by atoms with Crippen LogP contribution in [0.1, 0.15) is 47.0 Å². The van der Waals surface area contributed by atoms with Gasteiger partial charge < -0.3 is 4.74 Å². The van der Waals surface area contributed by atoms with E-state index in [2.05, 4.69) is 13.8 Å². The molecular formula is C10H20O2. The molecule has 0 amide bonds. The summed E-state index contributed by atoms with van der Waals surface area (Å²) in [6.45, 7) is 8.05. The highest BCUT2D eigenvalue weighted by atomic mass is 16.5. The first-order valence-corrected chi connectivity index (χ1v) is 4.75. The lowest BCUT2D eigenvalue weighted by Crippen LogP contribution is -2.12. The Morgan fingerprint density at radius 1 is 1.33 bits per heavy atom. The smallest absolute Gasteiger partial charge is 0.306 e. The monoisotopic (exact) mass is 172 g/mol. The van der Waals surface area contributed by atoms with Gasteiger partial charge in [-0.1, -0.05) is 20.3 Å². The van der Waals surface area contributed by atoms with Gasteiger partial charge in [0.05, 0.1) is 6.10 Å². The molecule has 0 aliphatic heterocycles. The van der Waals surface area contributed by atoms with Crippen LogP contribution in [0.25, 0.3) is 0 Å². The van der Waals surface area contributed by atoms with Gasteiger partial charge in [-0.15, -0.1) is 0 Å². The Hall–Kier alpha value is -0.530. The molecule has 0 heterocycles. The van der Waals surface area contributed by atoms with Gasteiger partial charge in [-0.05, 0) is 26.2 Å². The van der Waals surface area contributed by atoms with Gasteiger partial charge in [0, 0.05) is 6.42 Å². The zero-order chi connectivity index (χ0) is 9.56. The minimum Gasteiger partial charge on any atom is -0.463 e. The van der Waals surface area contributed by atoms with Crippen molar-refractivity contribution in [2.24, 2.45) is 5.92 Å². The molecular weight excluding hydrogens is 152 g/mol. The van der Waals surface area contributed by atoms with E-state index in [0.29, 0.717) is 12.3 Å². The molecule has 0 spiro atoms. The molecule has 0 aromatic rings. The van der Waals surface area contributed by atoms with E-state index in [1.807, 2.05) is 13.8 Å². The molecule has 2 nitrogen and oxygen atoms in total. The van der Waals surface area contributed by atoms with Gasteiger partial charge >= 0.3 is 5.97 Å². The summed E-state index contributed by atoms with van der Waals surface area (Å²) >= 11 is 0. The summed E-state index contributed by atoms with van der Waals surface area (Å²) in [6.07, 6.45) is 2.67. The normalized spacial score (nSPS) is 13.1. The number of carbonyl (C=O) groups is 1. The van der Waals surface area contributed by atoms with Gasteiger partial charge in [0.15, 0.2) is 0 Å². The van der Waals surface area contributed by atoms with E-state index in [9.17, 15) is 4.79 Å². The number of ether oxygens (including phenoxy) is 1. The largest absolute Gasteiger partial charge is 0.463 e. The van der Waals surface area contributed by atoms with E-state index in [4.69, 9.17) is 4.74 Å². The van der Waals surface area contributed by atoms with Crippen LogP contribution in [0, 0.1) is 5.92 Å². The van der Waals surface area contributed by atoms with Gasteiger partial charge in [-0.25, -0.2) is 0 Å². The third kappa shape index (κ3) is 6.20. The Kier molecular flexibility index (Phi) is 5.77. The van der Waals surface area contributed by atoms with E-state index in [0.717, 1.165) is 12.8 Å². The third-order valence-corrected chi connectivity index (χ3v) is 1.91. The van der Waals surface area contributed by atoms with Crippen LogP contribution in [-0.2, 0) is 9.53 Å². The van der Waals surface area contributed by atoms with Crippen LogP contribution in [-0.4, -0.2) is 12.1 Å². The molecule has 0 aliphatic rings. The molecule has 72 valence electrons. The highest BCUT2D eigenvalue weighted by molar-refractivity contribution is 5.69. The zero-order valence-corrected chi connectivity index (χ0v) is 8.59. The van der Waals surface area contributed by atoms with Crippen LogP contribution < -0.4 is 0 Å². The topological polar surface area (TPSA) is 26.3 Å². The van der Waals surface area contributed by atoms with Crippen molar-refractivity contribution in [1.82, 2.24) is 0 Å². The molecule has 1 atom stereocenters. The Morgan fingerprint density at radius 2 is 1.92 bits per heavy atom. The maximum Gasteiger partial charge on any atom is 0.306 e. The zero-order valence-electron chi connectivity index (χ0n) is 8.59. The van der Waals surface area contributed by atoms with E-state index in [1.165, 1.54) is 0 Å². The first kappa shape index (κ1) is 11.5. The third-order valence-electron chi connectivity index (χ3n) is 1.91. The molecule has 0 bridgehead atoms. The number of esters is 1. The second-order valence-corrected chi connectivity index (χ2v) is 3.59. The molecule has 0 N–H and O–H groups in total. The van der Waals surface area contributed by atoms with Crippen molar-refractivity contribution in [1.29, 1.82) is 0 Å². The van der Waals surface area contributed by atoms with E-state index in [1.54, 1.807) is 0 Å². The van der Waals surface area contributed by atoms with Gasteiger partial charge in [0.25, 0.3) is 0 Å². The highest BCUT2D eigenvalue weighted by Gasteiger charge is 2.07. The number of rotatable bonds is 5. The summed E-state index contributed by atoms with van der Waals surface area (Å²) in [5.41, 5.74) is 0. The van der Waals surface area contributed by atoms with Crippen LogP contribution in [0.2, 0.25) is 0 Å². The molecule has 0 saturated carbocycles. The highest BCUT2D eigenvalue weighted by Crippen LogP contribution is 2.10. The van der Waals surface area contributed by atoms with Crippen molar-refractivity contribution in [2.45, 2.75) is 53.1 Å². The van der Waals surface area contributed by atoms with Gasteiger partial charge in [0.1, 0.15) is 0 Å². The lowest BCUT2D eigenvalue weighted by Gasteiger charge is -2.09. The second kappa shape index (κ2) is 6.04. The second-order valence-electron chi connectivity index (χ2n) is 3.59. The molecule has 0 aromatic carbocycles. The van der Waals surface area contributed by atoms with Crippen LogP contribution >= 0.6 is 0 Å². The fourth-order valence-corrected chi connectivity index (χ4v) is 0.890.